The molecule has 0 bridgehead atoms. The van der Waals surface area contributed by atoms with Crippen LogP contribution in [-0.4, -0.2) is 47.5 Å². The van der Waals surface area contributed by atoms with Gasteiger partial charge in [-0.1, -0.05) is 18.9 Å². The molecule has 0 N–H and O–H groups in total. The first-order valence-electron chi connectivity index (χ1n) is 10.2. The topological polar surface area (TPSA) is 19.4 Å². The Morgan fingerprint density at radius 2 is 1.67 bits per heavy atom. The molecule has 1 atom stereocenters. The third-order valence-electron chi connectivity index (χ3n) is 6.73. The van der Waals surface area contributed by atoms with Crippen LogP contribution in [0.5, 0.6) is 0 Å². The third kappa shape index (κ3) is 4.18. The smallest absolute Gasteiger partial charge is 0.0312 e. The number of hydrogen-bond acceptors (Lipinski definition) is 3. The van der Waals surface area contributed by atoms with Gasteiger partial charge in [0.1, 0.15) is 0 Å². The van der Waals surface area contributed by atoms with Crippen LogP contribution < -0.4 is 0 Å². The molecule has 24 heavy (non-hydrogen) atoms. The van der Waals surface area contributed by atoms with Crippen molar-refractivity contribution < 1.29 is 0 Å². The summed E-state index contributed by atoms with van der Waals surface area (Å²) in [4.78, 5) is 9.66. The van der Waals surface area contributed by atoms with Crippen molar-refractivity contribution in [1.29, 1.82) is 0 Å². The average Bonchev–Trinajstić information content (AvgIpc) is 3.29. The molecule has 0 radical (unpaired) electrons. The van der Waals surface area contributed by atoms with Gasteiger partial charge in [0.2, 0.25) is 0 Å². The van der Waals surface area contributed by atoms with Crippen LogP contribution in [0, 0.1) is 17.8 Å². The number of piperidine rings is 1. The fraction of sp³-hybridized carbons (Fsp3) is 0.762. The lowest BCUT2D eigenvalue weighted by atomic mass is 9.83. The average molecular weight is 328 g/mol. The summed E-state index contributed by atoms with van der Waals surface area (Å²) in [5.74, 6) is 2.97. The SMILES string of the molecule is c1cncc(CN2CCC([C@H]3CCN(CC4CCCC4)C3)CC2)c1. The zero-order chi connectivity index (χ0) is 16.2. The Morgan fingerprint density at radius 1 is 0.917 bits per heavy atom. The lowest BCUT2D eigenvalue weighted by Gasteiger charge is -2.35. The van der Waals surface area contributed by atoms with Crippen LogP contribution >= 0.6 is 0 Å². The number of rotatable bonds is 5. The quantitative estimate of drug-likeness (QED) is 0.820. The predicted octanol–water partition coefficient (Wildman–Crippen LogP) is 3.81. The Labute approximate surface area is 147 Å². The maximum absolute atomic E-state index is 4.25. The Hall–Kier alpha value is -0.930. The second-order valence-corrected chi connectivity index (χ2v) is 8.43. The molecule has 2 saturated heterocycles. The maximum atomic E-state index is 4.25. The molecule has 1 saturated carbocycles. The molecule has 3 nitrogen and oxygen atoms in total. The van der Waals surface area contributed by atoms with E-state index in [0.717, 1.165) is 24.3 Å². The van der Waals surface area contributed by atoms with Gasteiger partial charge in [0.05, 0.1) is 0 Å². The molecule has 0 spiro atoms. The van der Waals surface area contributed by atoms with Crippen LogP contribution in [0.25, 0.3) is 0 Å². The van der Waals surface area contributed by atoms with Gasteiger partial charge in [0, 0.05) is 32.0 Å². The van der Waals surface area contributed by atoms with Crippen LogP contribution in [0.4, 0.5) is 0 Å². The van der Waals surface area contributed by atoms with Crippen molar-refractivity contribution in [2.75, 3.05) is 32.7 Å². The van der Waals surface area contributed by atoms with Gasteiger partial charge in [-0.25, -0.2) is 0 Å². The first-order valence-corrected chi connectivity index (χ1v) is 10.2. The van der Waals surface area contributed by atoms with Gasteiger partial charge in [0.15, 0.2) is 0 Å². The molecule has 3 heterocycles. The van der Waals surface area contributed by atoms with Crippen molar-refractivity contribution in [3.05, 3.63) is 30.1 Å². The summed E-state index contributed by atoms with van der Waals surface area (Å²) >= 11 is 0. The van der Waals surface area contributed by atoms with Gasteiger partial charge >= 0.3 is 0 Å². The van der Waals surface area contributed by atoms with Crippen LogP contribution in [0.1, 0.15) is 50.5 Å². The summed E-state index contributed by atoms with van der Waals surface area (Å²) in [7, 11) is 0. The molecule has 3 fully saturated rings. The van der Waals surface area contributed by atoms with E-state index in [9.17, 15) is 0 Å². The van der Waals surface area contributed by atoms with Crippen LogP contribution in [0.15, 0.2) is 24.5 Å². The lowest BCUT2D eigenvalue weighted by Crippen LogP contribution is -2.36. The van der Waals surface area contributed by atoms with Gasteiger partial charge in [-0.2, -0.15) is 0 Å². The number of hydrogen-bond donors (Lipinski definition) is 0. The minimum Gasteiger partial charge on any atom is -0.303 e. The monoisotopic (exact) mass is 327 g/mol. The highest BCUT2D eigenvalue weighted by Gasteiger charge is 2.32. The molecule has 0 aromatic carbocycles. The molecule has 4 rings (SSSR count). The van der Waals surface area contributed by atoms with E-state index in [-0.39, 0.29) is 0 Å². The van der Waals surface area contributed by atoms with Crippen molar-refractivity contribution >= 4 is 0 Å². The zero-order valence-electron chi connectivity index (χ0n) is 15.1. The van der Waals surface area contributed by atoms with Gasteiger partial charge in [-0.3, -0.25) is 9.88 Å². The highest BCUT2D eigenvalue weighted by atomic mass is 15.2. The van der Waals surface area contributed by atoms with E-state index in [1.54, 1.807) is 0 Å². The highest BCUT2D eigenvalue weighted by molar-refractivity contribution is 5.08. The van der Waals surface area contributed by atoms with E-state index in [0.29, 0.717) is 0 Å². The van der Waals surface area contributed by atoms with Gasteiger partial charge in [-0.15, -0.1) is 0 Å². The highest BCUT2D eigenvalue weighted by Crippen LogP contribution is 2.34. The van der Waals surface area contributed by atoms with E-state index >= 15 is 0 Å². The summed E-state index contributed by atoms with van der Waals surface area (Å²) in [5.41, 5.74) is 1.36. The van der Waals surface area contributed by atoms with Crippen molar-refractivity contribution in [2.24, 2.45) is 17.8 Å². The Morgan fingerprint density at radius 3 is 2.42 bits per heavy atom. The van der Waals surface area contributed by atoms with Crippen LogP contribution in [0.2, 0.25) is 0 Å². The van der Waals surface area contributed by atoms with Crippen molar-refractivity contribution in [2.45, 2.75) is 51.5 Å². The second-order valence-electron chi connectivity index (χ2n) is 8.43. The van der Waals surface area contributed by atoms with E-state index in [4.69, 9.17) is 0 Å². The van der Waals surface area contributed by atoms with E-state index in [1.165, 1.54) is 83.2 Å². The molecule has 1 aliphatic carbocycles. The summed E-state index contributed by atoms with van der Waals surface area (Å²) in [6.45, 7) is 7.80. The first-order chi connectivity index (χ1) is 11.9. The number of pyridine rings is 1. The first kappa shape index (κ1) is 16.5. The number of nitrogens with zero attached hydrogens (tertiary/aromatic N) is 3. The summed E-state index contributed by atoms with van der Waals surface area (Å²) < 4.78 is 0. The predicted molar refractivity (Wildman–Crippen MR) is 98.7 cm³/mol. The van der Waals surface area contributed by atoms with Gasteiger partial charge in [0.25, 0.3) is 0 Å². The fourth-order valence-electron chi connectivity index (χ4n) is 5.30. The van der Waals surface area contributed by atoms with Crippen molar-refractivity contribution in [1.82, 2.24) is 14.8 Å². The van der Waals surface area contributed by atoms with E-state index in [2.05, 4.69) is 26.9 Å². The molecule has 0 unspecified atom stereocenters. The van der Waals surface area contributed by atoms with Gasteiger partial charge in [-0.05, 0) is 81.1 Å². The Kier molecular flexibility index (Phi) is 5.49. The fourth-order valence-corrected chi connectivity index (χ4v) is 5.30. The van der Waals surface area contributed by atoms with E-state index in [1.807, 2.05) is 12.4 Å². The molecule has 1 aromatic heterocycles. The molecule has 1 aromatic rings. The van der Waals surface area contributed by atoms with Crippen LogP contribution in [-0.2, 0) is 6.54 Å². The summed E-state index contributed by atoms with van der Waals surface area (Å²) in [6.07, 6.45) is 14.1. The zero-order valence-corrected chi connectivity index (χ0v) is 15.1. The molecule has 132 valence electrons. The van der Waals surface area contributed by atoms with E-state index < -0.39 is 0 Å². The Balaban J connectivity index is 1.20. The van der Waals surface area contributed by atoms with Gasteiger partial charge < -0.3 is 4.90 Å². The molecule has 3 aliphatic rings. The standard InChI is InChI=1S/C21H33N3/c1-2-5-18(4-1)15-24-13-9-21(17-24)20-7-11-23(12-8-20)16-19-6-3-10-22-14-19/h3,6,10,14,18,20-21H,1-2,4-5,7-9,11-13,15-17H2/t21-/m0/s1. The Bertz CT molecular complexity index is 489. The normalized spacial score (nSPS) is 27.9. The van der Waals surface area contributed by atoms with Crippen molar-refractivity contribution in [3.8, 4) is 0 Å². The van der Waals surface area contributed by atoms with Crippen molar-refractivity contribution in [3.63, 3.8) is 0 Å². The minimum absolute atomic E-state index is 0.976. The second kappa shape index (κ2) is 7.97. The summed E-state index contributed by atoms with van der Waals surface area (Å²) in [5, 5.41) is 0. The number of aromatic nitrogens is 1. The van der Waals surface area contributed by atoms with Crippen LogP contribution in [0.3, 0.4) is 0 Å². The molecule has 3 heteroatoms. The maximum Gasteiger partial charge on any atom is 0.0312 e. The largest absolute Gasteiger partial charge is 0.303 e. The number of likely N-dealkylation sites (tertiary alicyclic amines) is 2. The molecular formula is C21H33N3. The third-order valence-corrected chi connectivity index (χ3v) is 6.73. The summed E-state index contributed by atoms with van der Waals surface area (Å²) in [6, 6.07) is 4.26. The minimum atomic E-state index is 0.976. The lowest BCUT2D eigenvalue weighted by molar-refractivity contribution is 0.140. The molecule has 0 amide bonds. The molecular weight excluding hydrogens is 294 g/mol. The molecule has 2 aliphatic heterocycles.